The number of pyridine rings is 1. The summed E-state index contributed by atoms with van der Waals surface area (Å²) in [5.74, 6) is -0.522. The summed E-state index contributed by atoms with van der Waals surface area (Å²) in [5, 5.41) is 12.2. The van der Waals surface area contributed by atoms with Crippen molar-refractivity contribution in [2.75, 3.05) is 31.4 Å². The van der Waals surface area contributed by atoms with Crippen LogP contribution >= 0.6 is 27.5 Å². The molecule has 0 aliphatic rings. The lowest BCUT2D eigenvalue weighted by Crippen LogP contribution is -2.37. The predicted octanol–water partition coefficient (Wildman–Crippen LogP) is 7.21. The number of carbonyl (C=O) groups is 2. The molecular weight excluding hydrogens is 711 g/mol. The summed E-state index contributed by atoms with van der Waals surface area (Å²) >= 11 is 9.50. The van der Waals surface area contributed by atoms with Crippen molar-refractivity contribution in [1.29, 1.82) is 0 Å². The SMILES string of the molecule is [2H]C([2H])([2H])NC(=O)c1nnc(Cl)cc1Nc1cc(COCc2nc(N(Cc3ccc(OC)cc3)C(=O)OC(C)(C)C)ccc2F)cc(Br)c1OC. The van der Waals surface area contributed by atoms with E-state index in [1.807, 2.05) is 5.32 Å². The molecule has 15 heteroatoms. The van der Waals surface area contributed by atoms with Gasteiger partial charge in [0.05, 0.1) is 49.8 Å². The number of nitrogens with zero attached hydrogens (tertiary/aromatic N) is 4. The second kappa shape index (κ2) is 16.0. The van der Waals surface area contributed by atoms with Crippen LogP contribution in [-0.4, -0.2) is 54.0 Å². The molecule has 0 radical (unpaired) electrons. The molecule has 0 aliphatic carbocycles. The van der Waals surface area contributed by atoms with Gasteiger partial charge in [0.1, 0.15) is 28.7 Å². The molecule has 48 heavy (non-hydrogen) atoms. The number of ether oxygens (including phenoxy) is 4. The first-order valence-corrected chi connectivity index (χ1v) is 15.5. The number of anilines is 3. The highest BCUT2D eigenvalue weighted by Gasteiger charge is 2.26. The maximum atomic E-state index is 15.0. The van der Waals surface area contributed by atoms with E-state index in [4.69, 9.17) is 34.7 Å². The van der Waals surface area contributed by atoms with Gasteiger partial charge < -0.3 is 29.6 Å². The van der Waals surface area contributed by atoms with Crippen LogP contribution in [0.25, 0.3) is 0 Å². The van der Waals surface area contributed by atoms with Crippen LogP contribution in [0.5, 0.6) is 11.5 Å². The van der Waals surface area contributed by atoms with E-state index in [0.29, 0.717) is 27.2 Å². The minimum Gasteiger partial charge on any atom is -0.497 e. The Hall–Kier alpha value is -4.53. The van der Waals surface area contributed by atoms with Gasteiger partial charge in [-0.1, -0.05) is 23.7 Å². The number of nitrogens with one attached hydrogen (secondary N) is 2. The standard InChI is InChI=1S/C33H35BrClFN6O6/c1-33(2,3)48-32(44)42(16-19-7-9-21(45-5)10-8-19)28-12-11-23(36)26(39-28)18-47-17-20-13-22(34)30(46-6)25(14-20)38-24-15-27(35)40-41-29(24)31(43)37-4/h7-15H,16-18H2,1-6H3,(H,37,43)(H,38,40)/i4D3. The van der Waals surface area contributed by atoms with E-state index in [1.54, 1.807) is 64.3 Å². The minimum absolute atomic E-state index is 0.0357. The topological polar surface area (TPSA) is 137 Å². The third kappa shape index (κ3) is 9.52. The number of aromatic nitrogens is 3. The number of rotatable bonds is 12. The number of benzene rings is 2. The monoisotopic (exact) mass is 747 g/mol. The van der Waals surface area contributed by atoms with Crippen molar-refractivity contribution in [2.45, 2.75) is 46.1 Å². The summed E-state index contributed by atoms with van der Waals surface area (Å²) in [6, 6.07) is 14.4. The Balaban J connectivity index is 1.56. The number of amides is 2. The molecule has 12 nitrogen and oxygen atoms in total. The maximum absolute atomic E-state index is 15.0. The molecule has 4 rings (SSSR count). The molecule has 0 fully saturated rings. The van der Waals surface area contributed by atoms with Crippen molar-refractivity contribution in [3.8, 4) is 11.5 Å². The summed E-state index contributed by atoms with van der Waals surface area (Å²) in [5.41, 5.74) is 0.539. The molecule has 2 aromatic carbocycles. The lowest BCUT2D eigenvalue weighted by Gasteiger charge is -2.27. The van der Waals surface area contributed by atoms with Crippen LogP contribution in [0, 0.1) is 5.82 Å². The Kier molecular flexibility index (Phi) is 10.7. The largest absolute Gasteiger partial charge is 0.497 e. The smallest absolute Gasteiger partial charge is 0.416 e. The molecule has 4 aromatic rings. The highest BCUT2D eigenvalue weighted by Crippen LogP contribution is 2.37. The van der Waals surface area contributed by atoms with Gasteiger partial charge in [0, 0.05) is 17.2 Å². The van der Waals surface area contributed by atoms with E-state index < -0.39 is 30.4 Å². The molecule has 2 N–H and O–H groups in total. The van der Waals surface area contributed by atoms with Crippen molar-refractivity contribution in [3.05, 3.63) is 92.6 Å². The van der Waals surface area contributed by atoms with Crippen molar-refractivity contribution in [1.82, 2.24) is 20.5 Å². The van der Waals surface area contributed by atoms with E-state index in [1.165, 1.54) is 30.2 Å². The lowest BCUT2D eigenvalue weighted by atomic mass is 10.1. The zero-order chi connectivity index (χ0) is 37.5. The molecule has 0 saturated carbocycles. The van der Waals surface area contributed by atoms with Gasteiger partial charge in [-0.25, -0.2) is 14.2 Å². The third-order valence-electron chi connectivity index (χ3n) is 6.47. The molecule has 0 unspecified atom stereocenters. The molecule has 0 aliphatic heterocycles. The Morgan fingerprint density at radius 1 is 1.00 bits per heavy atom. The van der Waals surface area contributed by atoms with E-state index in [-0.39, 0.29) is 47.8 Å². The fourth-order valence-electron chi connectivity index (χ4n) is 4.33. The number of halogens is 3. The lowest BCUT2D eigenvalue weighted by molar-refractivity contribution is 0.0575. The molecule has 0 spiro atoms. The molecule has 0 atom stereocenters. The molecule has 0 saturated heterocycles. The van der Waals surface area contributed by atoms with Crippen molar-refractivity contribution in [2.24, 2.45) is 0 Å². The van der Waals surface area contributed by atoms with Gasteiger partial charge in [0.15, 0.2) is 16.6 Å². The maximum Gasteiger partial charge on any atom is 0.416 e. The number of carbonyl (C=O) groups excluding carboxylic acids is 2. The zero-order valence-electron chi connectivity index (χ0n) is 29.7. The number of methoxy groups -OCH3 is 2. The highest BCUT2D eigenvalue weighted by molar-refractivity contribution is 9.10. The average molecular weight is 749 g/mol. The fraction of sp³-hybridized carbons (Fsp3) is 0.303. The van der Waals surface area contributed by atoms with Crippen molar-refractivity contribution >= 4 is 56.7 Å². The van der Waals surface area contributed by atoms with Gasteiger partial charge >= 0.3 is 6.09 Å². The van der Waals surface area contributed by atoms with Gasteiger partial charge in [-0.05, 0) is 84.2 Å². The van der Waals surface area contributed by atoms with E-state index in [2.05, 4.69) is 36.4 Å². The van der Waals surface area contributed by atoms with Crippen LogP contribution < -0.4 is 25.0 Å². The van der Waals surface area contributed by atoms with Crippen LogP contribution in [0.4, 0.5) is 26.4 Å². The Morgan fingerprint density at radius 2 is 1.75 bits per heavy atom. The van der Waals surface area contributed by atoms with Crippen LogP contribution in [-0.2, 0) is 29.2 Å². The quantitative estimate of drug-likeness (QED) is 0.153. The van der Waals surface area contributed by atoms with E-state index >= 15 is 4.39 Å². The van der Waals surface area contributed by atoms with Crippen molar-refractivity contribution in [3.63, 3.8) is 0 Å². The Labute approximate surface area is 295 Å². The second-order valence-corrected chi connectivity index (χ2v) is 12.4. The van der Waals surface area contributed by atoms with Crippen LogP contribution in [0.1, 0.15) is 52.2 Å². The normalized spacial score (nSPS) is 12.3. The first-order valence-electron chi connectivity index (χ1n) is 15.8. The van der Waals surface area contributed by atoms with Crippen LogP contribution in [0.2, 0.25) is 5.15 Å². The summed E-state index contributed by atoms with van der Waals surface area (Å²) in [4.78, 5) is 31.7. The van der Waals surface area contributed by atoms with Gasteiger partial charge in [-0.3, -0.25) is 9.69 Å². The summed E-state index contributed by atoms with van der Waals surface area (Å²) in [7, 11) is 2.98. The molecule has 0 bridgehead atoms. The molecule has 2 amide bonds. The minimum atomic E-state index is -2.77. The summed E-state index contributed by atoms with van der Waals surface area (Å²) in [6.07, 6.45) is -0.669. The Morgan fingerprint density at radius 3 is 2.42 bits per heavy atom. The van der Waals surface area contributed by atoms with Gasteiger partial charge in [-0.2, -0.15) is 0 Å². The highest BCUT2D eigenvalue weighted by atomic mass is 79.9. The first kappa shape index (κ1) is 32.0. The fourth-order valence-corrected chi connectivity index (χ4v) is 5.14. The second-order valence-electron chi connectivity index (χ2n) is 11.2. The third-order valence-corrected chi connectivity index (χ3v) is 7.24. The van der Waals surface area contributed by atoms with Gasteiger partial charge in [0.2, 0.25) is 0 Å². The van der Waals surface area contributed by atoms with Crippen LogP contribution in [0.3, 0.4) is 0 Å². The molecule has 2 heterocycles. The zero-order valence-corrected chi connectivity index (χ0v) is 29.0. The van der Waals surface area contributed by atoms with Crippen LogP contribution in [0.15, 0.2) is 59.1 Å². The van der Waals surface area contributed by atoms with Gasteiger partial charge in [-0.15, -0.1) is 10.2 Å². The molecule has 2 aromatic heterocycles. The molecular formula is C33H35BrClFN6O6. The number of hydrogen-bond acceptors (Lipinski definition) is 10. The summed E-state index contributed by atoms with van der Waals surface area (Å²) in [6.45, 7) is 2.24. The average Bonchev–Trinajstić information content (AvgIpc) is 3.03. The van der Waals surface area contributed by atoms with E-state index in [9.17, 15) is 9.59 Å². The number of hydrogen-bond donors (Lipinski definition) is 2. The Bertz CT molecular complexity index is 1880. The van der Waals surface area contributed by atoms with Gasteiger partial charge in [0.25, 0.3) is 5.91 Å². The first-order chi connectivity index (χ1) is 24.0. The molecule has 254 valence electrons. The predicted molar refractivity (Wildman–Crippen MR) is 183 cm³/mol. The summed E-state index contributed by atoms with van der Waals surface area (Å²) < 4.78 is 59.8. The van der Waals surface area contributed by atoms with Crippen molar-refractivity contribution < 1.29 is 37.0 Å². The van der Waals surface area contributed by atoms with E-state index in [0.717, 1.165) is 5.56 Å².